The van der Waals surface area contributed by atoms with Crippen LogP contribution in [0.5, 0.6) is 0 Å². The molecule has 3 aliphatic heterocycles. The van der Waals surface area contributed by atoms with Gasteiger partial charge in [0.2, 0.25) is 5.91 Å². The third-order valence-corrected chi connectivity index (χ3v) is 11.2. The van der Waals surface area contributed by atoms with E-state index < -0.39 is 28.7 Å². The number of ether oxygens (including phenoxy) is 1. The number of carbonyl (C=O) groups is 3. The summed E-state index contributed by atoms with van der Waals surface area (Å²) in [5.74, 6) is -2.29. The minimum atomic E-state index is -0.900. The van der Waals surface area contributed by atoms with Gasteiger partial charge in [-0.1, -0.05) is 66.2 Å². The van der Waals surface area contributed by atoms with E-state index in [0.29, 0.717) is 30.0 Å². The normalized spacial score (nSPS) is 26.2. The number of aliphatic hydroxyl groups excluding tert-OH is 1. The van der Waals surface area contributed by atoms with Crippen molar-refractivity contribution in [1.29, 1.82) is 0 Å². The van der Waals surface area contributed by atoms with Crippen LogP contribution in [0, 0.1) is 11.8 Å². The minimum Gasteiger partial charge on any atom is -0.465 e. The molecule has 3 aliphatic rings. The van der Waals surface area contributed by atoms with Crippen LogP contribution < -0.4 is 4.90 Å². The van der Waals surface area contributed by atoms with Crippen molar-refractivity contribution in [3.05, 3.63) is 90.5 Å². The molecule has 0 aromatic heterocycles. The van der Waals surface area contributed by atoms with E-state index in [4.69, 9.17) is 16.3 Å². The lowest BCUT2D eigenvalue weighted by molar-refractivity contribution is -0.154. The topological polar surface area (TPSA) is 87.2 Å². The monoisotopic (exact) mass is 622 g/mol. The number of unbranched alkanes of at least 4 members (excludes halogenated alkanes) is 2. The first kappa shape index (κ1) is 31.4. The van der Waals surface area contributed by atoms with Gasteiger partial charge < -0.3 is 19.6 Å². The summed E-state index contributed by atoms with van der Waals surface area (Å²) in [6.45, 7) is 7.75. The Labute approximate surface area is 262 Å². The molecule has 7 nitrogen and oxygen atoms in total. The van der Waals surface area contributed by atoms with Gasteiger partial charge in [0.25, 0.3) is 5.91 Å². The number of aliphatic hydroxyl groups is 1. The van der Waals surface area contributed by atoms with Gasteiger partial charge in [-0.05, 0) is 56.2 Å². The van der Waals surface area contributed by atoms with E-state index in [1.807, 2.05) is 42.5 Å². The zero-order chi connectivity index (χ0) is 30.6. The number of halogens is 1. The van der Waals surface area contributed by atoms with Gasteiger partial charge in [0, 0.05) is 11.8 Å². The fourth-order valence-corrected chi connectivity index (χ4v) is 9.51. The van der Waals surface area contributed by atoms with E-state index in [1.54, 1.807) is 45.8 Å². The van der Waals surface area contributed by atoms with Gasteiger partial charge in [0.15, 0.2) is 0 Å². The SMILES string of the molecule is C=CCCCCOC(=O)[C@@H]1[C@@H]2CCC3(S2)C(C(=O)N(CC=C)c2ccccc2Cl)N([C@@H](CO)Cc2ccccc2)C(=O)[C@H]13. The molecule has 43 heavy (non-hydrogen) atoms. The number of fused-ring (bicyclic) bond motifs is 1. The predicted molar refractivity (Wildman–Crippen MR) is 171 cm³/mol. The summed E-state index contributed by atoms with van der Waals surface area (Å²) in [4.78, 5) is 46.1. The quantitative estimate of drug-likeness (QED) is 0.171. The Morgan fingerprint density at radius 3 is 2.58 bits per heavy atom. The van der Waals surface area contributed by atoms with Gasteiger partial charge in [0.1, 0.15) is 6.04 Å². The van der Waals surface area contributed by atoms with E-state index in [-0.39, 0.29) is 42.8 Å². The van der Waals surface area contributed by atoms with Crippen LogP contribution in [0.1, 0.15) is 37.7 Å². The number of thioether (sulfide) groups is 1. The van der Waals surface area contributed by atoms with Crippen molar-refractivity contribution in [3.8, 4) is 0 Å². The van der Waals surface area contributed by atoms with Crippen molar-refractivity contribution >= 4 is 46.8 Å². The highest BCUT2D eigenvalue weighted by molar-refractivity contribution is 8.02. The standard InChI is InChI=1S/C34H39ClN2O5S/c1-3-5-6-12-20-42-33(41)28-27-17-18-34(43-27)29(28)31(39)37(24(22-38)21-23-13-8-7-9-14-23)30(34)32(40)36(19-4-2)26-16-11-10-15-25(26)35/h3-4,7-11,13-16,24,27-30,38H,1-2,5-6,12,17-22H2/t24-,27+,28-,29+,30?,34?/m1/s1. The van der Waals surface area contributed by atoms with Crippen LogP contribution in [0.15, 0.2) is 79.9 Å². The highest BCUT2D eigenvalue weighted by Crippen LogP contribution is 2.67. The van der Waals surface area contributed by atoms with Crippen molar-refractivity contribution in [2.75, 3.05) is 24.7 Å². The predicted octanol–water partition coefficient (Wildman–Crippen LogP) is 5.45. The number of para-hydroxylation sites is 1. The Morgan fingerprint density at radius 2 is 1.88 bits per heavy atom. The Morgan fingerprint density at radius 1 is 1.14 bits per heavy atom. The highest BCUT2D eigenvalue weighted by Gasteiger charge is 2.74. The number of allylic oxidation sites excluding steroid dienone is 1. The Balaban J connectivity index is 1.53. The zero-order valence-corrected chi connectivity index (χ0v) is 25.8. The molecule has 0 radical (unpaired) electrons. The second-order valence-corrected chi connectivity index (χ2v) is 13.5. The first-order valence-electron chi connectivity index (χ1n) is 15.0. The average molecular weight is 623 g/mol. The maximum Gasteiger partial charge on any atom is 0.310 e. The number of likely N-dealkylation sites (tertiary alicyclic amines) is 1. The first-order chi connectivity index (χ1) is 20.9. The molecule has 0 aliphatic carbocycles. The molecule has 9 heteroatoms. The number of hydrogen-bond donors (Lipinski definition) is 1. The Hall–Kier alpha value is -3.07. The number of nitrogens with zero attached hydrogens (tertiary/aromatic N) is 2. The van der Waals surface area contributed by atoms with E-state index >= 15 is 0 Å². The summed E-state index contributed by atoms with van der Waals surface area (Å²) >= 11 is 8.16. The summed E-state index contributed by atoms with van der Waals surface area (Å²) in [6.07, 6.45) is 7.60. The molecule has 3 saturated heterocycles. The lowest BCUT2D eigenvalue weighted by atomic mass is 9.71. The molecule has 5 rings (SSSR count). The van der Waals surface area contributed by atoms with Crippen molar-refractivity contribution < 1.29 is 24.2 Å². The van der Waals surface area contributed by atoms with Crippen molar-refractivity contribution in [3.63, 3.8) is 0 Å². The molecule has 2 bridgehead atoms. The van der Waals surface area contributed by atoms with Crippen LogP contribution in [-0.4, -0.2) is 69.6 Å². The molecule has 3 fully saturated rings. The van der Waals surface area contributed by atoms with Crippen LogP contribution in [0.4, 0.5) is 5.69 Å². The number of benzene rings is 2. The van der Waals surface area contributed by atoms with Crippen LogP contribution in [-0.2, 0) is 25.5 Å². The van der Waals surface area contributed by atoms with Gasteiger partial charge in [-0.15, -0.1) is 24.9 Å². The van der Waals surface area contributed by atoms with E-state index in [2.05, 4.69) is 13.2 Å². The fraction of sp³-hybridized carbons (Fsp3) is 0.441. The van der Waals surface area contributed by atoms with Crippen molar-refractivity contribution in [1.82, 2.24) is 4.90 Å². The highest BCUT2D eigenvalue weighted by atomic mass is 35.5. The molecule has 2 aromatic rings. The van der Waals surface area contributed by atoms with Gasteiger partial charge in [-0.2, -0.15) is 0 Å². The lowest BCUT2D eigenvalue weighted by Gasteiger charge is -2.39. The van der Waals surface area contributed by atoms with Crippen LogP contribution in [0.25, 0.3) is 0 Å². The summed E-state index contributed by atoms with van der Waals surface area (Å²) in [7, 11) is 0. The van der Waals surface area contributed by atoms with Crippen molar-refractivity contribution in [2.45, 2.75) is 60.6 Å². The first-order valence-corrected chi connectivity index (χ1v) is 16.2. The molecule has 2 unspecified atom stereocenters. The molecule has 2 amide bonds. The van der Waals surface area contributed by atoms with Gasteiger partial charge in [0.05, 0.1) is 46.5 Å². The van der Waals surface area contributed by atoms with Crippen LogP contribution >= 0.6 is 23.4 Å². The summed E-state index contributed by atoms with van der Waals surface area (Å²) in [5.41, 5.74) is 1.47. The number of carbonyl (C=O) groups excluding carboxylic acids is 3. The zero-order valence-electron chi connectivity index (χ0n) is 24.3. The summed E-state index contributed by atoms with van der Waals surface area (Å²) < 4.78 is 4.91. The molecule has 6 atom stereocenters. The molecular formula is C34H39ClN2O5S. The van der Waals surface area contributed by atoms with Crippen LogP contribution in [0.2, 0.25) is 5.02 Å². The molecule has 1 N–H and O–H groups in total. The van der Waals surface area contributed by atoms with E-state index in [0.717, 1.165) is 24.8 Å². The van der Waals surface area contributed by atoms with Gasteiger partial charge >= 0.3 is 5.97 Å². The number of amides is 2. The molecular weight excluding hydrogens is 584 g/mol. The van der Waals surface area contributed by atoms with Gasteiger partial charge in [-0.3, -0.25) is 14.4 Å². The van der Waals surface area contributed by atoms with Crippen molar-refractivity contribution in [2.24, 2.45) is 11.8 Å². The third-order valence-electron chi connectivity index (χ3n) is 8.93. The summed E-state index contributed by atoms with van der Waals surface area (Å²) in [6, 6.07) is 15.2. The number of rotatable bonds is 14. The lowest BCUT2D eigenvalue weighted by Crippen LogP contribution is -2.58. The second kappa shape index (κ2) is 13.7. The molecule has 1 spiro atoms. The molecule has 2 aromatic carbocycles. The molecule has 228 valence electrons. The second-order valence-electron chi connectivity index (χ2n) is 11.5. The maximum absolute atomic E-state index is 14.8. The molecule has 0 saturated carbocycles. The minimum absolute atomic E-state index is 0.109. The largest absolute Gasteiger partial charge is 0.465 e. The number of anilines is 1. The number of hydrogen-bond acceptors (Lipinski definition) is 6. The van der Waals surface area contributed by atoms with Crippen LogP contribution in [0.3, 0.4) is 0 Å². The molecule has 3 heterocycles. The maximum atomic E-state index is 14.8. The Kier molecular flexibility index (Phi) is 9.99. The Bertz CT molecular complexity index is 1360. The average Bonchev–Trinajstić information content (AvgIpc) is 3.66. The van der Waals surface area contributed by atoms with E-state index in [1.165, 1.54) is 0 Å². The van der Waals surface area contributed by atoms with Gasteiger partial charge in [-0.25, -0.2) is 0 Å². The smallest absolute Gasteiger partial charge is 0.310 e. The fourth-order valence-electron chi connectivity index (χ4n) is 7.08. The van der Waals surface area contributed by atoms with E-state index in [9.17, 15) is 19.5 Å². The summed E-state index contributed by atoms with van der Waals surface area (Å²) in [5, 5.41) is 11.0. The third kappa shape index (κ3) is 5.89. The number of esters is 1.